The van der Waals surface area contributed by atoms with Gasteiger partial charge in [0.1, 0.15) is 17.5 Å². The topological polar surface area (TPSA) is 102 Å². The first-order chi connectivity index (χ1) is 13.6. The number of ketones is 1. The fourth-order valence-electron chi connectivity index (χ4n) is 2.81. The number of rotatable bonds is 8. The van der Waals surface area contributed by atoms with E-state index >= 15 is 0 Å². The van der Waals surface area contributed by atoms with E-state index in [1.165, 1.54) is 40.2 Å². The molecule has 8 nitrogen and oxygen atoms in total. The molecule has 0 aromatic heterocycles. The maximum absolute atomic E-state index is 12.8. The van der Waals surface area contributed by atoms with Gasteiger partial charge >= 0.3 is 0 Å². The van der Waals surface area contributed by atoms with E-state index in [9.17, 15) is 18.0 Å². The third-order valence-corrected chi connectivity index (χ3v) is 5.48. The van der Waals surface area contributed by atoms with Crippen molar-refractivity contribution in [3.63, 3.8) is 0 Å². The van der Waals surface area contributed by atoms with E-state index in [4.69, 9.17) is 9.47 Å². The van der Waals surface area contributed by atoms with Crippen LogP contribution in [0.3, 0.4) is 0 Å². The molecule has 1 atom stereocenters. The van der Waals surface area contributed by atoms with Gasteiger partial charge in [-0.3, -0.25) is 13.9 Å². The second-order valence-electron chi connectivity index (χ2n) is 6.40. The van der Waals surface area contributed by atoms with Crippen molar-refractivity contribution >= 4 is 33.1 Å². The summed E-state index contributed by atoms with van der Waals surface area (Å²) >= 11 is 0. The molecule has 0 bridgehead atoms. The molecule has 2 rings (SSSR count). The summed E-state index contributed by atoms with van der Waals surface area (Å²) in [6, 6.07) is 9.99. The number of carbonyl (C=O) groups excluding carboxylic acids is 2. The van der Waals surface area contributed by atoms with Gasteiger partial charge in [-0.2, -0.15) is 0 Å². The van der Waals surface area contributed by atoms with Crippen molar-refractivity contribution in [1.82, 2.24) is 0 Å². The van der Waals surface area contributed by atoms with Crippen LogP contribution in [0.25, 0.3) is 0 Å². The van der Waals surface area contributed by atoms with Gasteiger partial charge in [-0.05, 0) is 38.1 Å². The van der Waals surface area contributed by atoms with Gasteiger partial charge in [0, 0.05) is 17.3 Å². The first kappa shape index (κ1) is 22.2. The maximum atomic E-state index is 12.8. The number of amides is 1. The van der Waals surface area contributed by atoms with E-state index in [2.05, 4.69) is 5.32 Å². The molecule has 1 amide bonds. The third-order valence-electron chi connectivity index (χ3n) is 4.25. The smallest absolute Gasteiger partial charge is 0.247 e. The molecule has 0 saturated carbocycles. The number of nitrogens with zero attached hydrogens (tertiary/aromatic N) is 1. The van der Waals surface area contributed by atoms with Gasteiger partial charge in [-0.15, -0.1) is 0 Å². The average molecular weight is 420 g/mol. The van der Waals surface area contributed by atoms with Crippen molar-refractivity contribution in [2.45, 2.75) is 19.9 Å². The van der Waals surface area contributed by atoms with Gasteiger partial charge in [0.05, 0.1) is 26.2 Å². The Labute approximate surface area is 170 Å². The lowest BCUT2D eigenvalue weighted by Gasteiger charge is -2.29. The van der Waals surface area contributed by atoms with Gasteiger partial charge in [0.2, 0.25) is 15.9 Å². The number of ether oxygens (including phenoxy) is 2. The highest BCUT2D eigenvalue weighted by molar-refractivity contribution is 7.92. The van der Waals surface area contributed by atoms with Crippen LogP contribution in [-0.4, -0.2) is 46.6 Å². The molecule has 156 valence electrons. The van der Waals surface area contributed by atoms with Gasteiger partial charge in [0.25, 0.3) is 0 Å². The fourth-order valence-corrected chi connectivity index (χ4v) is 3.98. The number of sulfonamides is 1. The molecule has 0 aliphatic heterocycles. The number of methoxy groups -OCH3 is 2. The number of nitrogens with one attached hydrogen (secondary N) is 1. The number of carbonyl (C=O) groups is 2. The van der Waals surface area contributed by atoms with Crippen molar-refractivity contribution in [1.29, 1.82) is 0 Å². The quantitative estimate of drug-likeness (QED) is 0.659. The fraction of sp³-hybridized carbons (Fsp3) is 0.300. The van der Waals surface area contributed by atoms with Crippen LogP contribution >= 0.6 is 0 Å². The van der Waals surface area contributed by atoms with Crippen molar-refractivity contribution in [2.75, 3.05) is 30.1 Å². The van der Waals surface area contributed by atoms with Gasteiger partial charge in [-0.1, -0.05) is 12.1 Å². The van der Waals surface area contributed by atoms with E-state index in [0.29, 0.717) is 17.0 Å². The Morgan fingerprint density at radius 3 is 2.31 bits per heavy atom. The monoisotopic (exact) mass is 420 g/mol. The van der Waals surface area contributed by atoms with Crippen LogP contribution < -0.4 is 19.1 Å². The van der Waals surface area contributed by atoms with Crippen LogP contribution in [-0.2, 0) is 14.8 Å². The van der Waals surface area contributed by atoms with Crippen LogP contribution in [0.5, 0.6) is 11.5 Å². The predicted octanol–water partition coefficient (Wildman–Crippen LogP) is 2.70. The summed E-state index contributed by atoms with van der Waals surface area (Å²) < 4.78 is 36.5. The molecule has 9 heteroatoms. The molecule has 29 heavy (non-hydrogen) atoms. The van der Waals surface area contributed by atoms with Crippen LogP contribution in [0, 0.1) is 0 Å². The summed E-state index contributed by atoms with van der Waals surface area (Å²) in [5, 5.41) is 2.66. The largest absolute Gasteiger partial charge is 0.497 e. The molecular formula is C20H24N2O6S. The Kier molecular flexibility index (Phi) is 6.86. The summed E-state index contributed by atoms with van der Waals surface area (Å²) in [6.45, 7) is 2.88. The lowest BCUT2D eigenvalue weighted by atomic mass is 10.1. The minimum absolute atomic E-state index is 0.145. The second-order valence-corrected chi connectivity index (χ2v) is 8.26. The minimum Gasteiger partial charge on any atom is -0.497 e. The van der Waals surface area contributed by atoms with Crippen molar-refractivity contribution in [3.8, 4) is 11.5 Å². The summed E-state index contributed by atoms with van der Waals surface area (Å²) in [5.41, 5.74) is 1.000. The number of benzene rings is 2. The molecule has 0 aliphatic carbocycles. The number of hydrogen-bond acceptors (Lipinski definition) is 6. The molecular weight excluding hydrogens is 396 g/mol. The molecule has 0 fully saturated rings. The van der Waals surface area contributed by atoms with Crippen LogP contribution in [0.15, 0.2) is 42.5 Å². The first-order valence-corrected chi connectivity index (χ1v) is 10.6. The summed E-state index contributed by atoms with van der Waals surface area (Å²) in [7, 11) is -0.991. The Morgan fingerprint density at radius 1 is 1.07 bits per heavy atom. The van der Waals surface area contributed by atoms with E-state index in [1.54, 1.807) is 30.3 Å². The van der Waals surface area contributed by atoms with Crippen molar-refractivity contribution in [2.24, 2.45) is 0 Å². The molecule has 0 saturated heterocycles. The van der Waals surface area contributed by atoms with E-state index in [1.807, 2.05) is 0 Å². The van der Waals surface area contributed by atoms with Crippen LogP contribution in [0.4, 0.5) is 11.4 Å². The van der Waals surface area contributed by atoms with Crippen LogP contribution in [0.2, 0.25) is 0 Å². The molecule has 2 aromatic carbocycles. The van der Waals surface area contributed by atoms with Gasteiger partial charge in [0.15, 0.2) is 5.78 Å². The highest BCUT2D eigenvalue weighted by atomic mass is 32.2. The zero-order chi connectivity index (χ0) is 21.8. The second kappa shape index (κ2) is 8.95. The van der Waals surface area contributed by atoms with E-state index in [0.717, 1.165) is 10.6 Å². The SMILES string of the molecule is COc1ccc(OC)c(N([C@@H](C)C(=O)Nc2cccc(C(C)=O)c2)S(C)(=O)=O)c1. The predicted molar refractivity (Wildman–Crippen MR) is 111 cm³/mol. The first-order valence-electron chi connectivity index (χ1n) is 8.71. The normalized spacial score (nSPS) is 12.0. The van der Waals surface area contributed by atoms with Crippen LogP contribution in [0.1, 0.15) is 24.2 Å². The molecule has 2 aromatic rings. The number of Topliss-reactive ketones (excluding diaryl/α,β-unsaturated/α-hetero) is 1. The molecule has 0 aliphatic rings. The average Bonchev–Trinajstić information content (AvgIpc) is 2.67. The van der Waals surface area contributed by atoms with Crippen molar-refractivity contribution < 1.29 is 27.5 Å². The highest BCUT2D eigenvalue weighted by Crippen LogP contribution is 2.35. The Morgan fingerprint density at radius 2 is 1.76 bits per heavy atom. The molecule has 0 radical (unpaired) electrons. The number of hydrogen-bond donors (Lipinski definition) is 1. The Bertz CT molecular complexity index is 1020. The zero-order valence-corrected chi connectivity index (χ0v) is 17.7. The van der Waals surface area contributed by atoms with Crippen molar-refractivity contribution in [3.05, 3.63) is 48.0 Å². The summed E-state index contributed by atoms with van der Waals surface area (Å²) in [4.78, 5) is 24.4. The maximum Gasteiger partial charge on any atom is 0.247 e. The summed E-state index contributed by atoms with van der Waals surface area (Å²) in [6.07, 6.45) is 1.01. The lowest BCUT2D eigenvalue weighted by Crippen LogP contribution is -2.45. The summed E-state index contributed by atoms with van der Waals surface area (Å²) in [5.74, 6) is -0.0281. The Balaban J connectivity index is 2.42. The third kappa shape index (κ3) is 5.26. The minimum atomic E-state index is -3.85. The number of anilines is 2. The molecule has 0 spiro atoms. The van der Waals surface area contributed by atoms with Gasteiger partial charge < -0.3 is 14.8 Å². The molecule has 0 unspecified atom stereocenters. The molecule has 1 N–H and O–H groups in total. The highest BCUT2D eigenvalue weighted by Gasteiger charge is 2.31. The van der Waals surface area contributed by atoms with E-state index in [-0.39, 0.29) is 17.2 Å². The van der Waals surface area contributed by atoms with E-state index < -0.39 is 22.0 Å². The lowest BCUT2D eigenvalue weighted by molar-refractivity contribution is -0.116. The molecule has 0 heterocycles. The van der Waals surface area contributed by atoms with Gasteiger partial charge in [-0.25, -0.2) is 8.42 Å². The zero-order valence-electron chi connectivity index (χ0n) is 16.9. The standard InChI is InChI=1S/C20H24N2O6S/c1-13(20(24)21-16-8-6-7-15(11-16)14(2)23)22(29(5,25)26)18-12-17(27-3)9-10-19(18)28-4/h6-13H,1-5H3,(H,21,24)/t13-/m0/s1. The Hall–Kier alpha value is -3.07.